The Labute approximate surface area is 217 Å². The van der Waals surface area contributed by atoms with E-state index in [0.29, 0.717) is 0 Å². The SMILES string of the molecule is O=C(N/N=C\c1ccc([N+](=O)[O-])o1)c1cc(NS(=O)(=O)c2cccs2)cc(NS(=O)(=O)c2cccs2)c1. The number of carbonyl (C=O) groups is 1. The quantitative estimate of drug-likeness (QED) is 0.143. The normalized spacial score (nSPS) is 11.9. The van der Waals surface area contributed by atoms with Crippen LogP contribution in [0.3, 0.4) is 0 Å². The first kappa shape index (κ1) is 26.0. The predicted molar refractivity (Wildman–Crippen MR) is 137 cm³/mol. The minimum Gasteiger partial charge on any atom is -0.400 e. The molecular weight excluding hydrogens is 567 g/mol. The van der Waals surface area contributed by atoms with Gasteiger partial charge < -0.3 is 4.42 Å². The number of amides is 1. The van der Waals surface area contributed by atoms with E-state index in [2.05, 4.69) is 20.0 Å². The molecule has 0 fully saturated rings. The molecular formula is C20H15N5O8S4. The molecule has 0 aliphatic carbocycles. The van der Waals surface area contributed by atoms with Crippen LogP contribution in [-0.4, -0.2) is 33.9 Å². The number of hydrogen-bond acceptors (Lipinski definition) is 11. The van der Waals surface area contributed by atoms with E-state index in [9.17, 15) is 31.7 Å². The van der Waals surface area contributed by atoms with Crippen LogP contribution in [0.5, 0.6) is 0 Å². The Balaban J connectivity index is 1.61. The third-order valence-electron chi connectivity index (χ3n) is 4.37. The molecule has 1 aromatic carbocycles. The molecule has 17 heteroatoms. The van der Waals surface area contributed by atoms with Crippen molar-refractivity contribution < 1.29 is 31.0 Å². The molecule has 3 N–H and O–H groups in total. The van der Waals surface area contributed by atoms with Crippen molar-refractivity contribution in [2.45, 2.75) is 8.42 Å². The maximum Gasteiger partial charge on any atom is 0.433 e. The molecule has 0 saturated heterocycles. The Hall–Kier alpha value is -4.06. The molecule has 0 radical (unpaired) electrons. The van der Waals surface area contributed by atoms with Gasteiger partial charge in [-0.1, -0.05) is 12.1 Å². The van der Waals surface area contributed by atoms with Crippen molar-refractivity contribution >= 4 is 72.1 Å². The van der Waals surface area contributed by atoms with Crippen molar-refractivity contribution in [3.05, 3.63) is 86.8 Å². The molecule has 0 aliphatic rings. The molecule has 37 heavy (non-hydrogen) atoms. The molecule has 0 bridgehead atoms. The molecule has 13 nitrogen and oxygen atoms in total. The number of rotatable bonds is 10. The number of furan rings is 1. The monoisotopic (exact) mass is 581 g/mol. The highest BCUT2D eigenvalue weighted by atomic mass is 32.3. The van der Waals surface area contributed by atoms with Crippen LogP contribution in [-0.2, 0) is 20.0 Å². The Morgan fingerprint density at radius 3 is 1.95 bits per heavy atom. The van der Waals surface area contributed by atoms with Gasteiger partial charge >= 0.3 is 5.88 Å². The number of thiophene rings is 2. The van der Waals surface area contributed by atoms with Crippen LogP contribution in [0.1, 0.15) is 16.1 Å². The van der Waals surface area contributed by atoms with Gasteiger partial charge in [0.2, 0.25) is 0 Å². The zero-order valence-electron chi connectivity index (χ0n) is 18.2. The lowest BCUT2D eigenvalue weighted by molar-refractivity contribution is -0.402. The summed E-state index contributed by atoms with van der Waals surface area (Å²) in [6, 6.07) is 11.9. The van der Waals surface area contributed by atoms with E-state index in [0.717, 1.165) is 35.0 Å². The second kappa shape index (κ2) is 10.5. The first-order chi connectivity index (χ1) is 17.5. The fourth-order valence-electron chi connectivity index (χ4n) is 2.85. The number of sulfonamides is 2. The van der Waals surface area contributed by atoms with Gasteiger partial charge in [-0.05, 0) is 47.2 Å². The number of nitro groups is 1. The largest absolute Gasteiger partial charge is 0.433 e. The summed E-state index contributed by atoms with van der Waals surface area (Å²) in [4.78, 5) is 22.7. The molecule has 192 valence electrons. The molecule has 4 rings (SSSR count). The summed E-state index contributed by atoms with van der Waals surface area (Å²) in [6.45, 7) is 0. The van der Waals surface area contributed by atoms with Crippen molar-refractivity contribution in [3.63, 3.8) is 0 Å². The highest BCUT2D eigenvalue weighted by Crippen LogP contribution is 2.27. The second-order valence-electron chi connectivity index (χ2n) is 7.01. The standard InChI is InChI=1S/C20H15N5O8S4/c26-20(22-21-12-16-5-6-17(33-16)25(27)28)13-9-14(23-36(29,30)18-3-1-7-34-18)11-15(10-13)24-37(31,32)19-4-2-8-35-19/h1-12,23-24H,(H,22,26)/b21-12-. The fourth-order valence-corrected chi connectivity index (χ4v) is 6.92. The van der Waals surface area contributed by atoms with Crippen LogP contribution < -0.4 is 14.9 Å². The van der Waals surface area contributed by atoms with Crippen molar-refractivity contribution in [1.29, 1.82) is 0 Å². The minimum absolute atomic E-state index is 0.00569. The number of hydrazone groups is 1. The molecule has 0 spiro atoms. The Kier molecular flexibility index (Phi) is 7.39. The second-order valence-corrected chi connectivity index (χ2v) is 12.7. The molecule has 0 saturated carbocycles. The summed E-state index contributed by atoms with van der Waals surface area (Å²) in [6.07, 6.45) is 1.02. The minimum atomic E-state index is -4.01. The van der Waals surface area contributed by atoms with Crippen molar-refractivity contribution in [2.24, 2.45) is 5.10 Å². The summed E-state index contributed by atoms with van der Waals surface area (Å²) in [5.74, 6) is -1.35. The average Bonchev–Trinajstić information content (AvgIpc) is 3.61. The Morgan fingerprint density at radius 1 is 0.919 bits per heavy atom. The van der Waals surface area contributed by atoms with Gasteiger partial charge in [0.05, 0.1) is 23.7 Å². The average molecular weight is 582 g/mol. The van der Waals surface area contributed by atoms with E-state index in [1.165, 1.54) is 36.4 Å². The highest BCUT2D eigenvalue weighted by molar-refractivity contribution is 7.95. The predicted octanol–water partition coefficient (Wildman–Crippen LogP) is 3.68. The highest BCUT2D eigenvalue weighted by Gasteiger charge is 2.20. The van der Waals surface area contributed by atoms with Gasteiger partial charge in [0.15, 0.2) is 5.76 Å². The van der Waals surface area contributed by atoms with E-state index in [4.69, 9.17) is 4.42 Å². The van der Waals surface area contributed by atoms with Crippen LogP contribution in [0, 0.1) is 10.1 Å². The number of carbonyl (C=O) groups excluding carboxylic acids is 1. The van der Waals surface area contributed by atoms with Crippen LogP contribution in [0.2, 0.25) is 0 Å². The van der Waals surface area contributed by atoms with Crippen molar-refractivity contribution in [3.8, 4) is 0 Å². The van der Waals surface area contributed by atoms with Crippen molar-refractivity contribution in [1.82, 2.24) is 5.43 Å². The van der Waals surface area contributed by atoms with Gasteiger partial charge in [0.25, 0.3) is 26.0 Å². The summed E-state index contributed by atoms with van der Waals surface area (Å²) >= 11 is 1.95. The van der Waals surface area contributed by atoms with Gasteiger partial charge in [-0.25, -0.2) is 22.3 Å². The molecule has 4 aromatic rings. The Bertz CT molecular complexity index is 1590. The first-order valence-electron chi connectivity index (χ1n) is 9.89. The number of benzene rings is 1. The summed E-state index contributed by atoms with van der Waals surface area (Å²) < 4.78 is 60.3. The Morgan fingerprint density at radius 2 is 1.49 bits per heavy atom. The van der Waals surface area contributed by atoms with Gasteiger partial charge in [-0.2, -0.15) is 5.10 Å². The van der Waals surface area contributed by atoms with E-state index >= 15 is 0 Å². The van der Waals surface area contributed by atoms with E-state index in [1.54, 1.807) is 22.9 Å². The summed E-state index contributed by atoms with van der Waals surface area (Å²) in [5, 5.41) is 17.5. The number of nitrogens with zero attached hydrogens (tertiary/aromatic N) is 2. The molecule has 1 amide bonds. The van der Waals surface area contributed by atoms with E-state index < -0.39 is 36.8 Å². The third-order valence-corrected chi connectivity index (χ3v) is 9.93. The van der Waals surface area contributed by atoms with Crippen LogP contribution in [0.15, 0.2) is 83.3 Å². The lowest BCUT2D eigenvalue weighted by Gasteiger charge is -2.12. The summed E-state index contributed by atoms with van der Waals surface area (Å²) in [5.41, 5.74) is 1.86. The first-order valence-corrected chi connectivity index (χ1v) is 14.6. The number of hydrogen-bond donors (Lipinski definition) is 3. The molecule has 0 unspecified atom stereocenters. The van der Waals surface area contributed by atoms with Crippen molar-refractivity contribution in [2.75, 3.05) is 9.44 Å². The van der Waals surface area contributed by atoms with Crippen LogP contribution >= 0.6 is 22.7 Å². The van der Waals surface area contributed by atoms with E-state index in [1.807, 2.05) is 0 Å². The van der Waals surface area contributed by atoms with Crippen LogP contribution in [0.25, 0.3) is 0 Å². The smallest absolute Gasteiger partial charge is 0.400 e. The van der Waals surface area contributed by atoms with Gasteiger partial charge in [0, 0.05) is 5.56 Å². The van der Waals surface area contributed by atoms with Gasteiger partial charge in [-0.3, -0.25) is 24.4 Å². The fraction of sp³-hybridized carbons (Fsp3) is 0. The zero-order chi connectivity index (χ0) is 26.6. The number of anilines is 2. The lowest BCUT2D eigenvalue weighted by atomic mass is 10.1. The maximum absolute atomic E-state index is 12.7. The summed E-state index contributed by atoms with van der Waals surface area (Å²) in [7, 11) is -8.02. The molecule has 0 aliphatic heterocycles. The molecule has 3 heterocycles. The lowest BCUT2D eigenvalue weighted by Crippen LogP contribution is -2.19. The van der Waals surface area contributed by atoms with Gasteiger partial charge in [0.1, 0.15) is 13.3 Å². The van der Waals surface area contributed by atoms with Gasteiger partial charge in [-0.15, -0.1) is 22.7 Å². The third kappa shape index (κ3) is 6.39. The molecule has 3 aromatic heterocycles. The zero-order valence-corrected chi connectivity index (χ0v) is 21.5. The number of nitrogens with one attached hydrogen (secondary N) is 3. The van der Waals surface area contributed by atoms with E-state index in [-0.39, 0.29) is 31.1 Å². The van der Waals surface area contributed by atoms with Crippen LogP contribution in [0.4, 0.5) is 17.3 Å². The maximum atomic E-state index is 12.7. The topological polar surface area (TPSA) is 190 Å². The molecule has 0 atom stereocenters.